The molecule has 0 amide bonds. The van der Waals surface area contributed by atoms with Gasteiger partial charge in [0.15, 0.2) is 11.6 Å². The Balaban J connectivity index is 2.07. The third-order valence-electron chi connectivity index (χ3n) is 3.56. The monoisotopic (exact) mass is 287 g/mol. The zero-order chi connectivity index (χ0) is 13.8. The van der Waals surface area contributed by atoms with E-state index in [4.69, 9.17) is 5.84 Å². The average molecular weight is 287 g/mol. The van der Waals surface area contributed by atoms with Crippen molar-refractivity contribution in [3.8, 4) is 0 Å². The fraction of sp³-hybridized carbons (Fsp3) is 0.538. The molecule has 1 fully saturated rings. The first-order valence-corrected chi connectivity index (χ1v) is 7.45. The van der Waals surface area contributed by atoms with Gasteiger partial charge in [0.25, 0.3) is 0 Å². The van der Waals surface area contributed by atoms with Crippen molar-refractivity contribution >= 4 is 11.8 Å². The second-order valence-corrected chi connectivity index (χ2v) is 6.00. The van der Waals surface area contributed by atoms with Crippen LogP contribution in [0, 0.1) is 11.6 Å². The predicted octanol–water partition coefficient (Wildman–Crippen LogP) is 1.39. The molecular weight excluding hydrogens is 268 g/mol. The Morgan fingerprint density at radius 2 is 2.26 bits per heavy atom. The Kier molecular flexibility index (Phi) is 5.15. The molecule has 2 unspecified atom stereocenters. The van der Waals surface area contributed by atoms with Crippen LogP contribution in [0.3, 0.4) is 0 Å². The highest BCUT2D eigenvalue weighted by molar-refractivity contribution is 7.99. The molecule has 0 saturated carbocycles. The maximum absolute atomic E-state index is 13.2. The molecule has 2 rings (SSSR count). The molecule has 0 aliphatic carbocycles. The van der Waals surface area contributed by atoms with E-state index in [1.54, 1.807) is 6.07 Å². The van der Waals surface area contributed by atoms with E-state index in [0.717, 1.165) is 29.7 Å². The zero-order valence-corrected chi connectivity index (χ0v) is 11.7. The van der Waals surface area contributed by atoms with E-state index in [0.29, 0.717) is 12.5 Å². The van der Waals surface area contributed by atoms with Crippen molar-refractivity contribution in [2.45, 2.75) is 18.5 Å². The van der Waals surface area contributed by atoms with Gasteiger partial charge in [0.1, 0.15) is 0 Å². The highest BCUT2D eigenvalue weighted by Gasteiger charge is 2.27. The van der Waals surface area contributed by atoms with Gasteiger partial charge in [-0.1, -0.05) is 6.07 Å². The van der Waals surface area contributed by atoms with Crippen LogP contribution in [0.15, 0.2) is 18.2 Å². The van der Waals surface area contributed by atoms with E-state index in [1.165, 1.54) is 6.07 Å². The normalized spacial score (nSPS) is 22.4. The Morgan fingerprint density at radius 1 is 1.47 bits per heavy atom. The topological polar surface area (TPSA) is 41.3 Å². The van der Waals surface area contributed by atoms with Crippen LogP contribution in [0.1, 0.15) is 5.56 Å². The van der Waals surface area contributed by atoms with E-state index < -0.39 is 11.6 Å². The highest BCUT2D eigenvalue weighted by atomic mass is 32.2. The first-order valence-electron chi connectivity index (χ1n) is 6.30. The van der Waals surface area contributed by atoms with Crippen LogP contribution in [0.5, 0.6) is 0 Å². The summed E-state index contributed by atoms with van der Waals surface area (Å²) in [6, 6.07) is 4.35. The number of hydrogen-bond acceptors (Lipinski definition) is 4. The number of rotatable bonds is 4. The fourth-order valence-electron chi connectivity index (χ4n) is 2.36. The van der Waals surface area contributed by atoms with Gasteiger partial charge in [0.05, 0.1) is 0 Å². The van der Waals surface area contributed by atoms with Gasteiger partial charge >= 0.3 is 0 Å². The van der Waals surface area contributed by atoms with Gasteiger partial charge in [0.2, 0.25) is 0 Å². The van der Waals surface area contributed by atoms with Gasteiger partial charge in [-0.05, 0) is 31.2 Å². The standard InChI is InChI=1S/C13H19F2N3S/c1-18-4-5-19-8-13(18)12(17-16)7-9-2-3-10(14)11(15)6-9/h2-3,6,12-13,17H,4-5,7-8,16H2,1H3. The quantitative estimate of drug-likeness (QED) is 0.648. The summed E-state index contributed by atoms with van der Waals surface area (Å²) in [6.07, 6.45) is 0.587. The summed E-state index contributed by atoms with van der Waals surface area (Å²) in [6.45, 7) is 1.02. The van der Waals surface area contributed by atoms with Crippen molar-refractivity contribution in [2.24, 2.45) is 5.84 Å². The van der Waals surface area contributed by atoms with Crippen molar-refractivity contribution < 1.29 is 8.78 Å². The summed E-state index contributed by atoms with van der Waals surface area (Å²) in [5, 5.41) is 0. The molecule has 0 bridgehead atoms. The molecule has 1 heterocycles. The lowest BCUT2D eigenvalue weighted by Crippen LogP contribution is -2.55. The molecule has 0 aromatic heterocycles. The summed E-state index contributed by atoms with van der Waals surface area (Å²) in [5.74, 6) is 6.12. The van der Waals surface area contributed by atoms with Crippen LogP contribution in [0.2, 0.25) is 0 Å². The lowest BCUT2D eigenvalue weighted by atomic mass is 9.99. The number of nitrogens with one attached hydrogen (secondary N) is 1. The maximum Gasteiger partial charge on any atom is 0.159 e. The number of hydrogen-bond donors (Lipinski definition) is 2. The Labute approximate surface area is 116 Å². The van der Waals surface area contributed by atoms with Gasteiger partial charge < -0.3 is 4.90 Å². The summed E-state index contributed by atoms with van der Waals surface area (Å²) in [5.41, 5.74) is 3.57. The molecule has 1 aliphatic heterocycles. The molecule has 3 N–H and O–H groups in total. The van der Waals surface area contributed by atoms with Gasteiger partial charge in [-0.3, -0.25) is 11.3 Å². The molecule has 1 aliphatic rings. The molecular formula is C13H19F2N3S. The second kappa shape index (κ2) is 6.65. The lowest BCUT2D eigenvalue weighted by Gasteiger charge is -2.37. The van der Waals surface area contributed by atoms with Crippen LogP contribution in [0.4, 0.5) is 8.78 Å². The van der Waals surface area contributed by atoms with E-state index in [1.807, 2.05) is 11.8 Å². The molecule has 3 nitrogen and oxygen atoms in total. The molecule has 0 radical (unpaired) electrons. The molecule has 1 aromatic rings. The first-order chi connectivity index (χ1) is 9.11. The van der Waals surface area contributed by atoms with Gasteiger partial charge in [-0.15, -0.1) is 0 Å². The van der Waals surface area contributed by atoms with Crippen LogP contribution < -0.4 is 11.3 Å². The van der Waals surface area contributed by atoms with Crippen LogP contribution >= 0.6 is 11.8 Å². The molecule has 1 aromatic carbocycles. The molecule has 6 heteroatoms. The largest absolute Gasteiger partial charge is 0.300 e. The van der Waals surface area contributed by atoms with Crippen LogP contribution in [0.25, 0.3) is 0 Å². The minimum atomic E-state index is -0.814. The van der Waals surface area contributed by atoms with E-state index in [9.17, 15) is 8.78 Å². The van der Waals surface area contributed by atoms with Crippen molar-refractivity contribution in [2.75, 3.05) is 25.1 Å². The van der Waals surface area contributed by atoms with Crippen molar-refractivity contribution in [1.29, 1.82) is 0 Å². The van der Waals surface area contributed by atoms with Gasteiger partial charge in [-0.2, -0.15) is 11.8 Å². The minimum absolute atomic E-state index is 0.0302. The highest BCUT2D eigenvalue weighted by Crippen LogP contribution is 2.20. The number of halogens is 2. The van der Waals surface area contributed by atoms with Gasteiger partial charge in [0, 0.05) is 30.1 Å². The predicted molar refractivity (Wildman–Crippen MR) is 74.9 cm³/mol. The molecule has 2 atom stereocenters. The minimum Gasteiger partial charge on any atom is -0.300 e. The second-order valence-electron chi connectivity index (χ2n) is 4.85. The number of nitrogens with zero attached hydrogens (tertiary/aromatic N) is 1. The number of benzene rings is 1. The average Bonchev–Trinajstić information content (AvgIpc) is 2.41. The van der Waals surface area contributed by atoms with Crippen LogP contribution in [-0.4, -0.2) is 42.1 Å². The number of hydrazine groups is 1. The van der Waals surface area contributed by atoms with Gasteiger partial charge in [-0.25, -0.2) is 8.78 Å². The molecule has 106 valence electrons. The Hall–Kier alpha value is -0.690. The van der Waals surface area contributed by atoms with E-state index in [2.05, 4.69) is 17.4 Å². The number of likely N-dealkylation sites (N-methyl/N-ethyl adjacent to an activating group) is 1. The first kappa shape index (κ1) is 14.7. The smallest absolute Gasteiger partial charge is 0.159 e. The van der Waals surface area contributed by atoms with E-state index in [-0.39, 0.29) is 6.04 Å². The summed E-state index contributed by atoms with van der Waals surface area (Å²) >= 11 is 1.90. The fourth-order valence-corrected chi connectivity index (χ4v) is 3.67. The molecule has 19 heavy (non-hydrogen) atoms. The number of thioether (sulfide) groups is 1. The summed E-state index contributed by atoms with van der Waals surface area (Å²) in [7, 11) is 2.07. The van der Waals surface area contributed by atoms with E-state index >= 15 is 0 Å². The van der Waals surface area contributed by atoms with Crippen molar-refractivity contribution in [3.63, 3.8) is 0 Å². The lowest BCUT2D eigenvalue weighted by molar-refractivity contribution is 0.214. The Bertz CT molecular complexity index is 430. The molecule has 0 spiro atoms. The van der Waals surface area contributed by atoms with Crippen molar-refractivity contribution in [1.82, 2.24) is 10.3 Å². The SMILES string of the molecule is CN1CCSCC1C(Cc1ccc(F)c(F)c1)NN. The summed E-state index contributed by atoms with van der Waals surface area (Å²) < 4.78 is 26.1. The zero-order valence-electron chi connectivity index (χ0n) is 10.9. The third kappa shape index (κ3) is 3.66. The summed E-state index contributed by atoms with van der Waals surface area (Å²) in [4.78, 5) is 2.26. The maximum atomic E-state index is 13.2. The number of nitrogens with two attached hydrogens (primary N) is 1. The van der Waals surface area contributed by atoms with Crippen LogP contribution in [-0.2, 0) is 6.42 Å². The molecule has 1 saturated heterocycles. The Morgan fingerprint density at radius 3 is 2.89 bits per heavy atom. The third-order valence-corrected chi connectivity index (χ3v) is 4.61. The van der Waals surface area contributed by atoms with Crippen molar-refractivity contribution in [3.05, 3.63) is 35.4 Å².